The van der Waals surface area contributed by atoms with Gasteiger partial charge >= 0.3 is 0 Å². The Morgan fingerprint density at radius 2 is 2.12 bits per heavy atom. The van der Waals surface area contributed by atoms with Gasteiger partial charge in [0.05, 0.1) is 0 Å². The first-order valence-corrected chi connectivity index (χ1v) is 9.50. The minimum Gasteiger partial charge on any atom is -0.508 e. The molecule has 4 heteroatoms. The van der Waals surface area contributed by atoms with Crippen LogP contribution in [0.2, 0.25) is 0 Å². The molecule has 0 amide bonds. The number of halogens is 1. The first kappa shape index (κ1) is 19.3. The van der Waals surface area contributed by atoms with E-state index in [-0.39, 0.29) is 17.8 Å². The Bertz CT molecular complexity index is 630. The van der Waals surface area contributed by atoms with Crippen molar-refractivity contribution in [1.29, 1.82) is 0 Å². The fraction of sp³-hybridized carbons (Fsp3) is 0.500. The van der Waals surface area contributed by atoms with E-state index in [0.29, 0.717) is 11.7 Å². The second-order valence-electron chi connectivity index (χ2n) is 7.10. The van der Waals surface area contributed by atoms with E-state index in [1.54, 1.807) is 6.07 Å². The maximum atomic E-state index is 9.79. The molecular weight excluding hydrogens is 338 g/mol. The summed E-state index contributed by atoms with van der Waals surface area (Å²) < 4.78 is 0. The topological polar surface area (TPSA) is 23.5 Å². The van der Waals surface area contributed by atoms with Crippen molar-refractivity contribution < 1.29 is 5.11 Å². The van der Waals surface area contributed by atoms with Crippen LogP contribution < -0.4 is 0 Å². The van der Waals surface area contributed by atoms with Gasteiger partial charge in [0.15, 0.2) is 0 Å². The van der Waals surface area contributed by atoms with Gasteiger partial charge in [-0.2, -0.15) is 0 Å². The van der Waals surface area contributed by atoms with Crippen LogP contribution in [0.1, 0.15) is 37.1 Å². The minimum absolute atomic E-state index is 0. The van der Waals surface area contributed by atoms with Crippen LogP contribution >= 0.6 is 23.7 Å². The fourth-order valence-corrected chi connectivity index (χ4v) is 4.49. The van der Waals surface area contributed by atoms with Crippen molar-refractivity contribution in [1.82, 2.24) is 4.90 Å². The number of thiophene rings is 1. The second kappa shape index (κ2) is 8.37. The smallest absolute Gasteiger partial charge is 0.115 e. The van der Waals surface area contributed by atoms with Crippen LogP contribution in [0.4, 0.5) is 0 Å². The number of hydrogen-bond acceptors (Lipinski definition) is 3. The average molecular weight is 366 g/mol. The van der Waals surface area contributed by atoms with E-state index in [2.05, 4.69) is 42.3 Å². The van der Waals surface area contributed by atoms with Crippen LogP contribution in [0.3, 0.4) is 0 Å². The molecule has 0 saturated carbocycles. The van der Waals surface area contributed by atoms with Gasteiger partial charge in [0.1, 0.15) is 5.75 Å². The average Bonchev–Trinajstić information content (AvgIpc) is 3.04. The van der Waals surface area contributed by atoms with Gasteiger partial charge in [-0.3, -0.25) is 0 Å². The number of hydrogen-bond donors (Lipinski definition) is 1. The Kier molecular flexibility index (Phi) is 6.73. The molecule has 0 unspecified atom stereocenters. The zero-order chi connectivity index (χ0) is 16.3. The molecule has 24 heavy (non-hydrogen) atoms. The van der Waals surface area contributed by atoms with E-state index >= 15 is 0 Å². The van der Waals surface area contributed by atoms with Gasteiger partial charge in [0.2, 0.25) is 0 Å². The predicted octanol–water partition coefficient (Wildman–Crippen LogP) is 5.11. The van der Waals surface area contributed by atoms with Crippen LogP contribution in [0.5, 0.6) is 5.75 Å². The third-order valence-electron chi connectivity index (χ3n) is 5.55. The lowest BCUT2D eigenvalue weighted by atomic mass is 9.68. The molecule has 2 heterocycles. The maximum absolute atomic E-state index is 9.79. The number of likely N-dealkylation sites (tertiary alicyclic amines) is 1. The van der Waals surface area contributed by atoms with Crippen molar-refractivity contribution in [3.63, 3.8) is 0 Å². The van der Waals surface area contributed by atoms with Gasteiger partial charge in [0, 0.05) is 11.4 Å². The molecule has 2 aromatic rings. The third-order valence-corrected chi connectivity index (χ3v) is 6.49. The molecular formula is C20H28ClNOS. The number of piperidine rings is 1. The highest BCUT2D eigenvalue weighted by molar-refractivity contribution is 7.09. The van der Waals surface area contributed by atoms with Crippen LogP contribution in [-0.4, -0.2) is 29.6 Å². The third kappa shape index (κ3) is 4.33. The molecule has 1 N–H and O–H groups in total. The summed E-state index contributed by atoms with van der Waals surface area (Å²) in [4.78, 5) is 4.11. The SMILES string of the molecule is C[C@H]1CN(CCCc2cccs2)CC[C@]1(C)c1cccc(O)c1.Cl. The highest BCUT2D eigenvalue weighted by atomic mass is 35.5. The molecule has 0 radical (unpaired) electrons. The number of phenols is 1. The maximum Gasteiger partial charge on any atom is 0.115 e. The van der Waals surface area contributed by atoms with Gasteiger partial charge in [-0.05, 0) is 72.8 Å². The molecule has 1 aliphatic rings. The van der Waals surface area contributed by atoms with Crippen LogP contribution in [-0.2, 0) is 11.8 Å². The molecule has 0 aliphatic carbocycles. The molecule has 132 valence electrons. The van der Waals surface area contributed by atoms with E-state index in [1.165, 1.54) is 29.8 Å². The van der Waals surface area contributed by atoms with E-state index in [0.717, 1.165) is 19.5 Å². The molecule has 1 fully saturated rings. The number of phenolic OH excluding ortho intramolecular Hbond substituents is 1. The largest absolute Gasteiger partial charge is 0.508 e. The van der Waals surface area contributed by atoms with Gasteiger partial charge < -0.3 is 10.0 Å². The van der Waals surface area contributed by atoms with E-state index in [9.17, 15) is 5.11 Å². The van der Waals surface area contributed by atoms with Crippen LogP contribution in [0.25, 0.3) is 0 Å². The Labute approximate surface area is 155 Å². The zero-order valence-corrected chi connectivity index (χ0v) is 16.2. The Morgan fingerprint density at radius 1 is 1.29 bits per heavy atom. The number of aryl methyl sites for hydroxylation is 1. The summed E-state index contributed by atoms with van der Waals surface area (Å²) in [7, 11) is 0. The molecule has 1 aromatic heterocycles. The molecule has 1 aromatic carbocycles. The lowest BCUT2D eigenvalue weighted by Crippen LogP contribution is -2.47. The highest BCUT2D eigenvalue weighted by Crippen LogP contribution is 2.40. The summed E-state index contributed by atoms with van der Waals surface area (Å²) >= 11 is 1.87. The standard InChI is InChI=1S/C20H27NOS.ClH/c1-16-15-21(11-4-8-19-9-5-13-23-19)12-10-20(16,2)17-6-3-7-18(22)14-17;/h3,5-7,9,13-14,16,22H,4,8,10-12,15H2,1-2H3;1H/t16-,20-;/m0./s1. The van der Waals surface area contributed by atoms with Crippen molar-refractivity contribution in [2.45, 2.75) is 38.5 Å². The lowest BCUT2D eigenvalue weighted by molar-refractivity contribution is 0.110. The normalized spacial score (nSPS) is 24.5. The zero-order valence-electron chi connectivity index (χ0n) is 14.6. The lowest BCUT2D eigenvalue weighted by Gasteiger charge is -2.45. The van der Waals surface area contributed by atoms with Crippen molar-refractivity contribution in [2.75, 3.05) is 19.6 Å². The van der Waals surface area contributed by atoms with Gasteiger partial charge in [0.25, 0.3) is 0 Å². The van der Waals surface area contributed by atoms with Crippen LogP contribution in [0.15, 0.2) is 41.8 Å². The predicted molar refractivity (Wildman–Crippen MR) is 106 cm³/mol. The summed E-state index contributed by atoms with van der Waals surface area (Å²) in [5.74, 6) is 0.981. The number of benzene rings is 1. The molecule has 1 saturated heterocycles. The van der Waals surface area contributed by atoms with Gasteiger partial charge in [-0.15, -0.1) is 23.7 Å². The van der Waals surface area contributed by atoms with E-state index < -0.39 is 0 Å². The van der Waals surface area contributed by atoms with Crippen molar-refractivity contribution in [3.05, 3.63) is 52.2 Å². The number of rotatable bonds is 5. The summed E-state index contributed by atoms with van der Waals surface area (Å²) in [5.41, 5.74) is 1.45. The van der Waals surface area contributed by atoms with Gasteiger partial charge in [-0.25, -0.2) is 0 Å². The monoisotopic (exact) mass is 365 g/mol. The fourth-order valence-electron chi connectivity index (χ4n) is 3.74. The molecule has 3 rings (SSSR count). The first-order valence-electron chi connectivity index (χ1n) is 8.62. The molecule has 2 nitrogen and oxygen atoms in total. The summed E-state index contributed by atoms with van der Waals surface area (Å²) in [6.07, 6.45) is 3.61. The van der Waals surface area contributed by atoms with Crippen LogP contribution in [0, 0.1) is 5.92 Å². The Hall–Kier alpha value is -1.03. The Morgan fingerprint density at radius 3 is 2.79 bits per heavy atom. The van der Waals surface area contributed by atoms with E-state index in [4.69, 9.17) is 0 Å². The van der Waals surface area contributed by atoms with Gasteiger partial charge in [-0.1, -0.05) is 32.0 Å². The quantitative estimate of drug-likeness (QED) is 0.796. The Balaban J connectivity index is 0.00000208. The molecule has 2 atom stereocenters. The minimum atomic E-state index is 0. The number of nitrogens with zero attached hydrogens (tertiary/aromatic N) is 1. The summed E-state index contributed by atoms with van der Waals surface area (Å²) in [5, 5.41) is 12.0. The van der Waals surface area contributed by atoms with Crippen molar-refractivity contribution in [3.8, 4) is 5.75 Å². The molecule has 0 bridgehead atoms. The second-order valence-corrected chi connectivity index (χ2v) is 8.13. The highest BCUT2D eigenvalue weighted by Gasteiger charge is 2.37. The molecule has 0 spiro atoms. The first-order chi connectivity index (χ1) is 11.1. The van der Waals surface area contributed by atoms with Crippen molar-refractivity contribution >= 4 is 23.7 Å². The molecule has 1 aliphatic heterocycles. The summed E-state index contributed by atoms with van der Waals surface area (Å²) in [6.45, 7) is 8.21. The summed E-state index contributed by atoms with van der Waals surface area (Å²) in [6, 6.07) is 12.2. The van der Waals surface area contributed by atoms with E-state index in [1.807, 2.05) is 23.5 Å². The number of aromatic hydroxyl groups is 1. The van der Waals surface area contributed by atoms with Crippen molar-refractivity contribution in [2.24, 2.45) is 5.92 Å².